The molecular weight excluding hydrogens is 422 g/mol. The van der Waals surface area contributed by atoms with Crippen molar-refractivity contribution in [3.05, 3.63) is 76.3 Å². The van der Waals surface area contributed by atoms with E-state index in [2.05, 4.69) is 4.99 Å². The summed E-state index contributed by atoms with van der Waals surface area (Å²) in [6, 6.07) is 13.6. The maximum atomic E-state index is 13.4. The third-order valence-electron chi connectivity index (χ3n) is 5.47. The summed E-state index contributed by atoms with van der Waals surface area (Å²) in [5.41, 5.74) is 2.88. The fourth-order valence-electron chi connectivity index (χ4n) is 4.07. The second-order valence-electron chi connectivity index (χ2n) is 7.40. The number of carbonyl (C=O) groups is 3. The van der Waals surface area contributed by atoms with Crippen molar-refractivity contribution in [1.29, 1.82) is 0 Å². The van der Waals surface area contributed by atoms with Crippen LogP contribution in [0.15, 0.2) is 53.5 Å². The Morgan fingerprint density at radius 2 is 1.45 bits per heavy atom. The summed E-state index contributed by atoms with van der Waals surface area (Å²) >= 11 is 0. The minimum absolute atomic E-state index is 0.0442. The van der Waals surface area contributed by atoms with Crippen LogP contribution < -0.4 is 0 Å². The predicted molar refractivity (Wildman–Crippen MR) is 124 cm³/mol. The molecule has 0 radical (unpaired) electrons. The van der Waals surface area contributed by atoms with Crippen LogP contribution in [-0.2, 0) is 15.9 Å². The first-order chi connectivity index (χ1) is 16.0. The molecule has 168 valence electrons. The molecule has 7 heteroatoms. The van der Waals surface area contributed by atoms with Crippen LogP contribution in [0, 0.1) is 0 Å². The zero-order chi connectivity index (χ0) is 23.5. The van der Waals surface area contributed by atoms with Crippen molar-refractivity contribution in [3.63, 3.8) is 0 Å². The molecule has 0 amide bonds. The predicted octanol–water partition coefficient (Wildman–Crippen LogP) is 4.05. The van der Waals surface area contributed by atoms with E-state index in [1.165, 1.54) is 6.07 Å². The lowest BCUT2D eigenvalue weighted by atomic mass is 9.95. The average Bonchev–Trinajstić information content (AvgIpc) is 3.08. The first-order valence-electron chi connectivity index (χ1n) is 10.8. The summed E-state index contributed by atoms with van der Waals surface area (Å²) in [7, 11) is 0. The Labute approximate surface area is 190 Å². The van der Waals surface area contributed by atoms with Gasteiger partial charge in [-0.15, -0.1) is 0 Å². The minimum atomic E-state index is -0.585. The Morgan fingerprint density at radius 1 is 0.848 bits per heavy atom. The average molecular weight is 445 g/mol. The lowest BCUT2D eigenvalue weighted by molar-refractivity contribution is 0.0527. The molecule has 0 spiro atoms. The van der Waals surface area contributed by atoms with E-state index in [1.807, 2.05) is 18.2 Å². The number of aliphatic imine (C=N–C) groups is 1. The maximum Gasteiger partial charge on any atom is 0.338 e. The van der Waals surface area contributed by atoms with Crippen molar-refractivity contribution in [3.8, 4) is 0 Å². The van der Waals surface area contributed by atoms with Crippen LogP contribution in [0.1, 0.15) is 56.0 Å². The molecule has 0 aromatic heterocycles. The van der Waals surface area contributed by atoms with E-state index < -0.39 is 11.9 Å². The number of esters is 2. The van der Waals surface area contributed by atoms with Gasteiger partial charge >= 0.3 is 11.9 Å². The standard InChI is InChI=1S/C26H23NO6/c1-3-32-25(30)18-11-9-16-21-17(10-12-19(22(18)21)26(31)33-4-2)24(29)23(16)27-20-8-6-5-7-15(20)13-14-28/h5-12,28H,3-4,13-14H2,1-2H3. The molecule has 0 bridgehead atoms. The molecule has 0 heterocycles. The van der Waals surface area contributed by atoms with Crippen molar-refractivity contribution < 1.29 is 29.0 Å². The van der Waals surface area contributed by atoms with Crippen LogP contribution in [0.3, 0.4) is 0 Å². The second kappa shape index (κ2) is 9.34. The largest absolute Gasteiger partial charge is 0.462 e. The Bertz CT molecular complexity index is 1280. The van der Waals surface area contributed by atoms with Crippen molar-refractivity contribution in [2.75, 3.05) is 19.8 Å². The highest BCUT2D eigenvalue weighted by atomic mass is 16.5. The molecule has 3 aromatic rings. The summed E-state index contributed by atoms with van der Waals surface area (Å²) in [5, 5.41) is 10.2. The molecule has 0 fully saturated rings. The number of aliphatic hydroxyl groups is 1. The van der Waals surface area contributed by atoms with Gasteiger partial charge in [0.25, 0.3) is 0 Å². The zero-order valence-corrected chi connectivity index (χ0v) is 18.4. The van der Waals surface area contributed by atoms with Crippen LogP contribution in [-0.4, -0.2) is 48.4 Å². The van der Waals surface area contributed by atoms with Gasteiger partial charge in [-0.25, -0.2) is 14.6 Å². The second-order valence-corrected chi connectivity index (χ2v) is 7.40. The van der Waals surface area contributed by atoms with Crippen molar-refractivity contribution >= 4 is 39.9 Å². The number of hydrogen-bond acceptors (Lipinski definition) is 7. The highest BCUT2D eigenvalue weighted by Crippen LogP contribution is 2.37. The van der Waals surface area contributed by atoms with Crippen molar-refractivity contribution in [1.82, 2.24) is 0 Å². The molecular formula is C26H23NO6. The first kappa shape index (κ1) is 22.4. The molecule has 7 nitrogen and oxygen atoms in total. The molecule has 4 rings (SSSR count). The molecule has 0 saturated carbocycles. The molecule has 0 saturated heterocycles. The van der Waals surface area contributed by atoms with Crippen molar-refractivity contribution in [2.24, 2.45) is 4.99 Å². The van der Waals surface area contributed by atoms with Crippen LogP contribution in [0.25, 0.3) is 10.8 Å². The van der Waals surface area contributed by atoms with E-state index >= 15 is 0 Å². The van der Waals surface area contributed by atoms with Crippen LogP contribution >= 0.6 is 0 Å². The van der Waals surface area contributed by atoms with Gasteiger partial charge in [0.05, 0.1) is 30.0 Å². The number of hydrogen-bond donors (Lipinski definition) is 1. The summed E-state index contributed by atoms with van der Waals surface area (Å²) in [6.07, 6.45) is 0.401. The summed E-state index contributed by atoms with van der Waals surface area (Å²) in [5.74, 6) is -1.47. The van der Waals surface area contributed by atoms with E-state index in [1.54, 1.807) is 38.1 Å². The monoisotopic (exact) mass is 445 g/mol. The Kier molecular flexibility index (Phi) is 6.33. The van der Waals surface area contributed by atoms with Gasteiger partial charge in [-0.05, 0) is 50.1 Å². The van der Waals surface area contributed by atoms with E-state index in [0.717, 1.165) is 5.56 Å². The third-order valence-corrected chi connectivity index (χ3v) is 5.47. The Morgan fingerprint density at radius 3 is 2.06 bits per heavy atom. The van der Waals surface area contributed by atoms with Gasteiger partial charge in [0.15, 0.2) is 0 Å². The molecule has 3 aromatic carbocycles. The molecule has 0 aliphatic heterocycles. The normalized spacial score (nSPS) is 13.5. The quantitative estimate of drug-likeness (QED) is 0.551. The fraction of sp³-hybridized carbons (Fsp3) is 0.231. The number of benzene rings is 3. The molecule has 1 N–H and O–H groups in total. The molecule has 1 aliphatic carbocycles. The van der Waals surface area contributed by atoms with Gasteiger partial charge in [-0.3, -0.25) is 4.79 Å². The number of nitrogens with zero attached hydrogens (tertiary/aromatic N) is 1. The summed E-state index contributed by atoms with van der Waals surface area (Å²) < 4.78 is 10.4. The van der Waals surface area contributed by atoms with Gasteiger partial charge in [-0.1, -0.05) is 24.3 Å². The van der Waals surface area contributed by atoms with E-state index in [0.29, 0.717) is 34.0 Å². The van der Waals surface area contributed by atoms with E-state index in [9.17, 15) is 19.5 Å². The van der Waals surface area contributed by atoms with Crippen LogP contribution in [0.4, 0.5) is 5.69 Å². The van der Waals surface area contributed by atoms with E-state index in [-0.39, 0.29) is 42.4 Å². The lowest BCUT2D eigenvalue weighted by Crippen LogP contribution is -2.11. The molecule has 1 aliphatic rings. The SMILES string of the molecule is CCOC(=O)c1ccc2c3c(ccc(C(=O)OCC)c13)C(=Nc1ccccc1CCO)C2=O. The first-order valence-corrected chi connectivity index (χ1v) is 10.8. The Hall–Kier alpha value is -3.84. The van der Waals surface area contributed by atoms with Gasteiger partial charge in [0, 0.05) is 28.5 Å². The van der Waals surface area contributed by atoms with Gasteiger partial charge < -0.3 is 14.6 Å². The topological polar surface area (TPSA) is 102 Å². The van der Waals surface area contributed by atoms with Gasteiger partial charge in [0.2, 0.25) is 5.78 Å². The number of aliphatic hydroxyl groups excluding tert-OH is 1. The number of carbonyl (C=O) groups excluding carboxylic acids is 3. The summed E-state index contributed by atoms with van der Waals surface area (Å²) in [4.78, 5) is 43.4. The number of ketones is 1. The highest BCUT2D eigenvalue weighted by Gasteiger charge is 2.33. The number of rotatable bonds is 7. The zero-order valence-electron chi connectivity index (χ0n) is 18.4. The number of Topliss-reactive ketones (excluding diaryl/α,β-unsaturated/α-hetero) is 1. The molecule has 0 atom stereocenters. The number of para-hydroxylation sites is 1. The Balaban J connectivity index is 1.99. The third kappa shape index (κ3) is 3.91. The molecule has 0 unspecified atom stereocenters. The fourth-order valence-corrected chi connectivity index (χ4v) is 4.07. The lowest BCUT2D eigenvalue weighted by Gasteiger charge is -2.12. The maximum absolute atomic E-state index is 13.4. The summed E-state index contributed by atoms with van der Waals surface area (Å²) in [6.45, 7) is 3.69. The molecule has 33 heavy (non-hydrogen) atoms. The van der Waals surface area contributed by atoms with Crippen LogP contribution in [0.2, 0.25) is 0 Å². The minimum Gasteiger partial charge on any atom is -0.462 e. The van der Waals surface area contributed by atoms with Crippen LogP contribution in [0.5, 0.6) is 0 Å². The van der Waals surface area contributed by atoms with Crippen molar-refractivity contribution in [2.45, 2.75) is 20.3 Å². The van der Waals surface area contributed by atoms with Gasteiger partial charge in [0.1, 0.15) is 5.71 Å². The highest BCUT2D eigenvalue weighted by molar-refractivity contribution is 6.59. The smallest absolute Gasteiger partial charge is 0.338 e. The number of ether oxygens (including phenoxy) is 2. The van der Waals surface area contributed by atoms with Gasteiger partial charge in [-0.2, -0.15) is 0 Å². The van der Waals surface area contributed by atoms with E-state index in [4.69, 9.17) is 9.47 Å².